The van der Waals surface area contributed by atoms with E-state index in [-0.39, 0.29) is 4.90 Å². The summed E-state index contributed by atoms with van der Waals surface area (Å²) >= 11 is 0. The van der Waals surface area contributed by atoms with Crippen molar-refractivity contribution in [3.8, 4) is 5.69 Å². The highest BCUT2D eigenvalue weighted by Crippen LogP contribution is 2.16. The Morgan fingerprint density at radius 3 is 2.37 bits per heavy atom. The van der Waals surface area contributed by atoms with E-state index >= 15 is 0 Å². The zero-order chi connectivity index (χ0) is 19.9. The second-order valence-corrected chi connectivity index (χ2v) is 7.42. The molecule has 0 radical (unpaired) electrons. The average Bonchev–Trinajstić information content (AvgIpc) is 2.99. The number of hydrogen-bond acceptors (Lipinski definition) is 4. The standard InChI is InChI=1S/C20H24N4O2S/c1-4-6-8-10-17(9-7-5-2)15-20-22-16(3)23-24(20)18-11-13-19(14-12-18)27(21,25)26/h4-14H,15H2,1-3H3,(H2,21,25,26)/b6-4+,7-5-,10-8+,17-9+. The SMILES string of the molecule is C\C=C/C=C(\C=C\C=C\C)Cc1nc(C)nn1-c1ccc(S(N)(=O)=O)cc1. The van der Waals surface area contributed by atoms with Crippen LogP contribution in [0.1, 0.15) is 25.5 Å². The Kier molecular flexibility index (Phi) is 7.04. The lowest BCUT2D eigenvalue weighted by atomic mass is 10.1. The number of hydrogen-bond donors (Lipinski definition) is 1. The summed E-state index contributed by atoms with van der Waals surface area (Å²) in [6.45, 7) is 5.75. The molecular weight excluding hydrogens is 360 g/mol. The number of nitrogens with two attached hydrogens (primary N) is 1. The fraction of sp³-hybridized carbons (Fsp3) is 0.200. The van der Waals surface area contributed by atoms with Crippen LogP contribution < -0.4 is 5.14 Å². The van der Waals surface area contributed by atoms with Gasteiger partial charge in [0.15, 0.2) is 0 Å². The molecule has 142 valence electrons. The number of rotatable bonds is 7. The van der Waals surface area contributed by atoms with Crippen molar-refractivity contribution in [2.75, 3.05) is 0 Å². The van der Waals surface area contributed by atoms with Crippen LogP contribution >= 0.6 is 0 Å². The molecule has 0 bridgehead atoms. The molecular formula is C20H24N4O2S. The molecule has 27 heavy (non-hydrogen) atoms. The predicted molar refractivity (Wildman–Crippen MR) is 108 cm³/mol. The van der Waals surface area contributed by atoms with Gasteiger partial charge >= 0.3 is 0 Å². The lowest BCUT2D eigenvalue weighted by Gasteiger charge is -2.07. The third-order valence-electron chi connectivity index (χ3n) is 3.67. The Labute approximate surface area is 160 Å². The van der Waals surface area contributed by atoms with E-state index in [0.29, 0.717) is 12.2 Å². The molecule has 0 saturated heterocycles. The summed E-state index contributed by atoms with van der Waals surface area (Å²) in [6, 6.07) is 6.27. The molecule has 1 aromatic carbocycles. The third kappa shape index (κ3) is 5.87. The summed E-state index contributed by atoms with van der Waals surface area (Å²) in [7, 11) is -3.73. The largest absolute Gasteiger partial charge is 0.238 e. The van der Waals surface area contributed by atoms with Gasteiger partial charge in [-0.2, -0.15) is 5.10 Å². The van der Waals surface area contributed by atoms with E-state index in [1.807, 2.05) is 63.3 Å². The van der Waals surface area contributed by atoms with Crippen LogP contribution in [0.15, 0.2) is 77.3 Å². The van der Waals surface area contributed by atoms with Crippen LogP contribution in [0.5, 0.6) is 0 Å². The highest BCUT2D eigenvalue weighted by molar-refractivity contribution is 7.89. The average molecular weight is 385 g/mol. The Hall–Kier alpha value is -2.77. The quantitative estimate of drug-likeness (QED) is 0.741. The van der Waals surface area contributed by atoms with E-state index in [0.717, 1.165) is 17.1 Å². The van der Waals surface area contributed by atoms with E-state index < -0.39 is 10.0 Å². The maximum absolute atomic E-state index is 11.4. The van der Waals surface area contributed by atoms with E-state index in [1.165, 1.54) is 12.1 Å². The number of allylic oxidation sites excluding steroid dienone is 8. The van der Waals surface area contributed by atoms with E-state index in [9.17, 15) is 8.42 Å². The van der Waals surface area contributed by atoms with Crippen molar-refractivity contribution in [2.45, 2.75) is 32.1 Å². The molecule has 0 fully saturated rings. The number of benzene rings is 1. The number of nitrogens with zero attached hydrogens (tertiary/aromatic N) is 3. The lowest BCUT2D eigenvalue weighted by molar-refractivity contribution is 0.598. The first-order chi connectivity index (χ1) is 12.8. The fourth-order valence-corrected chi connectivity index (χ4v) is 2.94. The van der Waals surface area contributed by atoms with E-state index in [2.05, 4.69) is 10.1 Å². The summed E-state index contributed by atoms with van der Waals surface area (Å²) in [6.07, 6.45) is 14.5. The van der Waals surface area contributed by atoms with Crippen molar-refractivity contribution in [3.63, 3.8) is 0 Å². The van der Waals surface area contributed by atoms with Crippen molar-refractivity contribution in [1.82, 2.24) is 14.8 Å². The smallest absolute Gasteiger partial charge is 0.225 e. The van der Waals surface area contributed by atoms with Crippen LogP contribution in [-0.2, 0) is 16.4 Å². The van der Waals surface area contributed by atoms with Crippen molar-refractivity contribution < 1.29 is 8.42 Å². The highest BCUT2D eigenvalue weighted by Gasteiger charge is 2.12. The van der Waals surface area contributed by atoms with Gasteiger partial charge in [-0.3, -0.25) is 0 Å². The molecule has 0 aliphatic rings. The third-order valence-corrected chi connectivity index (χ3v) is 4.60. The minimum absolute atomic E-state index is 0.0626. The predicted octanol–water partition coefficient (Wildman–Crippen LogP) is 3.40. The summed E-state index contributed by atoms with van der Waals surface area (Å²) < 4.78 is 24.6. The maximum Gasteiger partial charge on any atom is 0.238 e. The van der Waals surface area contributed by atoms with Crippen LogP contribution in [0.4, 0.5) is 0 Å². The van der Waals surface area contributed by atoms with Crippen LogP contribution in [0, 0.1) is 6.92 Å². The molecule has 2 aromatic rings. The first kappa shape index (κ1) is 20.5. The summed E-state index contributed by atoms with van der Waals surface area (Å²) in [5.41, 5.74) is 1.79. The molecule has 6 nitrogen and oxygen atoms in total. The number of sulfonamides is 1. The molecule has 0 aliphatic heterocycles. The zero-order valence-electron chi connectivity index (χ0n) is 15.7. The minimum Gasteiger partial charge on any atom is -0.225 e. The normalized spacial score (nSPS) is 13.4. The molecule has 2 N–H and O–H groups in total. The number of aromatic nitrogens is 3. The number of primary sulfonamides is 1. The summed E-state index contributed by atoms with van der Waals surface area (Å²) in [4.78, 5) is 4.59. The van der Waals surface area contributed by atoms with Gasteiger partial charge in [-0.05, 0) is 50.6 Å². The van der Waals surface area contributed by atoms with Crippen LogP contribution in [0.2, 0.25) is 0 Å². The van der Waals surface area contributed by atoms with Gasteiger partial charge in [0.25, 0.3) is 0 Å². The Bertz CT molecular complexity index is 995. The van der Waals surface area contributed by atoms with Crippen molar-refractivity contribution in [2.24, 2.45) is 5.14 Å². The number of aryl methyl sites for hydroxylation is 1. The van der Waals surface area contributed by atoms with Gasteiger partial charge in [-0.15, -0.1) is 0 Å². The lowest BCUT2D eigenvalue weighted by Crippen LogP contribution is -2.12. The van der Waals surface area contributed by atoms with E-state index in [1.54, 1.807) is 16.8 Å². The topological polar surface area (TPSA) is 90.9 Å². The first-order valence-corrected chi connectivity index (χ1v) is 10.1. The Morgan fingerprint density at radius 1 is 1.11 bits per heavy atom. The molecule has 0 aliphatic carbocycles. The van der Waals surface area contributed by atoms with Gasteiger partial charge in [0.1, 0.15) is 11.6 Å². The Morgan fingerprint density at radius 2 is 1.78 bits per heavy atom. The highest BCUT2D eigenvalue weighted by atomic mass is 32.2. The molecule has 0 spiro atoms. The van der Waals surface area contributed by atoms with E-state index in [4.69, 9.17) is 5.14 Å². The van der Waals surface area contributed by atoms with Crippen LogP contribution in [0.3, 0.4) is 0 Å². The van der Waals surface area contributed by atoms with Crippen LogP contribution in [-0.4, -0.2) is 23.2 Å². The van der Waals surface area contributed by atoms with Gasteiger partial charge < -0.3 is 0 Å². The summed E-state index contributed by atoms with van der Waals surface area (Å²) in [5.74, 6) is 1.40. The zero-order valence-corrected chi connectivity index (χ0v) is 16.5. The fourth-order valence-electron chi connectivity index (χ4n) is 2.42. The molecule has 0 atom stereocenters. The van der Waals surface area contributed by atoms with Gasteiger partial charge in [-0.1, -0.05) is 42.5 Å². The van der Waals surface area contributed by atoms with Crippen LogP contribution in [0.25, 0.3) is 5.69 Å². The molecule has 1 heterocycles. The van der Waals surface area contributed by atoms with Crippen molar-refractivity contribution in [1.29, 1.82) is 0 Å². The molecule has 7 heteroatoms. The second kappa shape index (κ2) is 9.25. The minimum atomic E-state index is -3.73. The van der Waals surface area contributed by atoms with Gasteiger partial charge in [0.2, 0.25) is 10.0 Å². The van der Waals surface area contributed by atoms with Crippen molar-refractivity contribution >= 4 is 10.0 Å². The Balaban J connectivity index is 2.39. The summed E-state index contributed by atoms with van der Waals surface area (Å²) in [5, 5.41) is 9.60. The molecule has 0 saturated carbocycles. The first-order valence-electron chi connectivity index (χ1n) is 8.52. The molecule has 1 aromatic heterocycles. The van der Waals surface area contributed by atoms with Gasteiger partial charge in [0, 0.05) is 6.42 Å². The monoisotopic (exact) mass is 384 g/mol. The van der Waals surface area contributed by atoms with Crippen molar-refractivity contribution in [3.05, 3.63) is 84.0 Å². The molecule has 0 unspecified atom stereocenters. The molecule has 2 rings (SSSR count). The van der Waals surface area contributed by atoms with Gasteiger partial charge in [-0.25, -0.2) is 23.2 Å². The molecule has 0 amide bonds. The maximum atomic E-state index is 11.4. The second-order valence-electron chi connectivity index (χ2n) is 5.86. The van der Waals surface area contributed by atoms with Gasteiger partial charge in [0.05, 0.1) is 10.6 Å².